The number of hydrogen-bond acceptors (Lipinski definition) is 2. The predicted octanol–water partition coefficient (Wildman–Crippen LogP) is 3.66. The van der Waals surface area contributed by atoms with Gasteiger partial charge in [-0.3, -0.25) is 0 Å². The Morgan fingerprint density at radius 3 is 1.65 bits per heavy atom. The van der Waals surface area contributed by atoms with Crippen molar-refractivity contribution in [3.8, 4) is 0 Å². The first-order valence-electron chi connectivity index (χ1n) is 9.61. The predicted molar refractivity (Wildman–Crippen MR) is 106 cm³/mol. The molecule has 0 saturated carbocycles. The zero-order valence-corrected chi connectivity index (χ0v) is 16.5. The van der Waals surface area contributed by atoms with Gasteiger partial charge in [0.15, 0.2) is 0 Å². The first-order chi connectivity index (χ1) is 12.4. The summed E-state index contributed by atoms with van der Waals surface area (Å²) in [5.41, 5.74) is 2.00. The second-order valence-corrected chi connectivity index (χ2v) is 6.85. The Hall–Kier alpha value is -2.24. The van der Waals surface area contributed by atoms with Crippen LogP contribution in [0.4, 0.5) is 9.59 Å². The lowest BCUT2D eigenvalue weighted by Crippen LogP contribution is -2.40. The number of rotatable bonds is 10. The molecule has 1 aromatic rings. The van der Waals surface area contributed by atoms with E-state index in [1.54, 1.807) is 0 Å². The Bertz CT molecular complexity index is 517. The van der Waals surface area contributed by atoms with Crippen LogP contribution in [0.5, 0.6) is 0 Å². The van der Waals surface area contributed by atoms with E-state index in [4.69, 9.17) is 0 Å². The van der Waals surface area contributed by atoms with E-state index < -0.39 is 0 Å². The monoisotopic (exact) mass is 362 g/mol. The standard InChI is InChI=1S/C20H34N4O2/c1-5-8-15(3)23-19(25)21-13-17-10-7-11-18(12-17)14-22-20(26)24-16(4)9-6-2/h7,10-12,15-16H,5-6,8-9,13-14H2,1-4H3,(H2,21,23,25)(H2,22,24,26). The highest BCUT2D eigenvalue weighted by atomic mass is 16.2. The first-order valence-corrected chi connectivity index (χ1v) is 9.61. The van der Waals surface area contributed by atoms with Crippen molar-refractivity contribution in [2.45, 2.75) is 78.6 Å². The van der Waals surface area contributed by atoms with Crippen molar-refractivity contribution in [2.75, 3.05) is 0 Å². The third-order valence-electron chi connectivity index (χ3n) is 4.10. The Kier molecular flexibility index (Phi) is 10.2. The summed E-state index contributed by atoms with van der Waals surface area (Å²) in [4.78, 5) is 23.7. The van der Waals surface area contributed by atoms with Gasteiger partial charge in [-0.1, -0.05) is 51.0 Å². The van der Waals surface area contributed by atoms with E-state index >= 15 is 0 Å². The van der Waals surface area contributed by atoms with Gasteiger partial charge in [0.05, 0.1) is 0 Å². The topological polar surface area (TPSA) is 82.3 Å². The van der Waals surface area contributed by atoms with Crippen LogP contribution in [0.25, 0.3) is 0 Å². The zero-order chi connectivity index (χ0) is 19.4. The van der Waals surface area contributed by atoms with E-state index in [-0.39, 0.29) is 24.1 Å². The van der Waals surface area contributed by atoms with Crippen LogP contribution < -0.4 is 21.3 Å². The van der Waals surface area contributed by atoms with Gasteiger partial charge in [0.25, 0.3) is 0 Å². The fourth-order valence-corrected chi connectivity index (χ4v) is 2.77. The molecule has 6 heteroatoms. The molecule has 4 amide bonds. The molecule has 1 rings (SSSR count). The third-order valence-corrected chi connectivity index (χ3v) is 4.10. The van der Waals surface area contributed by atoms with Gasteiger partial charge >= 0.3 is 12.1 Å². The van der Waals surface area contributed by atoms with Gasteiger partial charge in [-0.15, -0.1) is 0 Å². The van der Waals surface area contributed by atoms with Crippen molar-refractivity contribution in [3.05, 3.63) is 35.4 Å². The summed E-state index contributed by atoms with van der Waals surface area (Å²) in [7, 11) is 0. The minimum absolute atomic E-state index is 0.154. The molecular formula is C20H34N4O2. The van der Waals surface area contributed by atoms with Gasteiger partial charge in [0, 0.05) is 25.2 Å². The summed E-state index contributed by atoms with van der Waals surface area (Å²) in [5.74, 6) is 0. The third kappa shape index (κ3) is 9.30. The smallest absolute Gasteiger partial charge is 0.315 e. The maximum absolute atomic E-state index is 11.9. The summed E-state index contributed by atoms with van der Waals surface area (Å²) < 4.78 is 0. The molecular weight excluding hydrogens is 328 g/mol. The molecule has 0 aromatic heterocycles. The molecule has 4 N–H and O–H groups in total. The molecule has 26 heavy (non-hydrogen) atoms. The van der Waals surface area contributed by atoms with Crippen molar-refractivity contribution >= 4 is 12.1 Å². The van der Waals surface area contributed by atoms with Crippen LogP contribution in [0.3, 0.4) is 0 Å². The molecule has 0 bridgehead atoms. The average molecular weight is 363 g/mol. The van der Waals surface area contributed by atoms with Crippen LogP contribution in [0.1, 0.15) is 64.5 Å². The van der Waals surface area contributed by atoms with Gasteiger partial charge in [-0.25, -0.2) is 9.59 Å². The molecule has 0 aliphatic carbocycles. The minimum atomic E-state index is -0.154. The van der Waals surface area contributed by atoms with Crippen molar-refractivity contribution in [1.82, 2.24) is 21.3 Å². The maximum atomic E-state index is 11.9. The molecule has 0 saturated heterocycles. The molecule has 0 aliphatic heterocycles. The van der Waals surface area contributed by atoms with Gasteiger partial charge in [0.2, 0.25) is 0 Å². The fourth-order valence-electron chi connectivity index (χ4n) is 2.77. The molecule has 1 aromatic carbocycles. The first kappa shape index (κ1) is 21.8. The molecule has 2 unspecified atom stereocenters. The Morgan fingerprint density at radius 1 is 0.846 bits per heavy atom. The van der Waals surface area contributed by atoms with Crippen LogP contribution in [-0.2, 0) is 13.1 Å². The van der Waals surface area contributed by atoms with Gasteiger partial charge in [-0.05, 0) is 37.8 Å². The second kappa shape index (κ2) is 12.2. The van der Waals surface area contributed by atoms with Crippen molar-refractivity contribution < 1.29 is 9.59 Å². The van der Waals surface area contributed by atoms with Crippen LogP contribution in [-0.4, -0.2) is 24.1 Å². The molecule has 6 nitrogen and oxygen atoms in total. The number of amides is 4. The van der Waals surface area contributed by atoms with Crippen LogP contribution >= 0.6 is 0 Å². The summed E-state index contributed by atoms with van der Waals surface area (Å²) in [6.07, 6.45) is 4.02. The fraction of sp³-hybridized carbons (Fsp3) is 0.600. The summed E-state index contributed by atoms with van der Waals surface area (Å²) >= 11 is 0. The summed E-state index contributed by atoms with van der Waals surface area (Å²) in [6, 6.07) is 7.88. The summed E-state index contributed by atoms with van der Waals surface area (Å²) in [5, 5.41) is 11.6. The Labute approximate surface area is 157 Å². The Morgan fingerprint density at radius 2 is 1.27 bits per heavy atom. The number of hydrogen-bond donors (Lipinski definition) is 4. The van der Waals surface area contributed by atoms with Crippen molar-refractivity contribution in [2.24, 2.45) is 0 Å². The van der Waals surface area contributed by atoms with Gasteiger partial charge < -0.3 is 21.3 Å². The lowest BCUT2D eigenvalue weighted by atomic mass is 10.1. The quantitative estimate of drug-likeness (QED) is 0.512. The molecule has 0 heterocycles. The van der Waals surface area contributed by atoms with E-state index in [0.29, 0.717) is 13.1 Å². The van der Waals surface area contributed by atoms with Crippen molar-refractivity contribution in [3.63, 3.8) is 0 Å². The molecule has 2 atom stereocenters. The molecule has 0 aliphatic rings. The van der Waals surface area contributed by atoms with E-state index in [1.807, 2.05) is 38.1 Å². The highest BCUT2D eigenvalue weighted by Gasteiger charge is 2.07. The van der Waals surface area contributed by atoms with E-state index in [1.165, 1.54) is 0 Å². The average Bonchev–Trinajstić information content (AvgIpc) is 2.59. The maximum Gasteiger partial charge on any atom is 0.315 e. The minimum Gasteiger partial charge on any atom is -0.336 e. The SMILES string of the molecule is CCCC(C)NC(=O)NCc1cccc(CNC(=O)NC(C)CCC)c1. The number of carbonyl (C=O) groups is 2. The molecule has 0 spiro atoms. The van der Waals surface area contributed by atoms with Crippen LogP contribution in [0.2, 0.25) is 0 Å². The number of nitrogens with one attached hydrogen (secondary N) is 4. The van der Waals surface area contributed by atoms with Gasteiger partial charge in [-0.2, -0.15) is 0 Å². The van der Waals surface area contributed by atoms with Gasteiger partial charge in [0.1, 0.15) is 0 Å². The Balaban J connectivity index is 2.40. The van der Waals surface area contributed by atoms with E-state index in [0.717, 1.165) is 36.8 Å². The lowest BCUT2D eigenvalue weighted by Gasteiger charge is -2.15. The van der Waals surface area contributed by atoms with E-state index in [9.17, 15) is 9.59 Å². The van der Waals surface area contributed by atoms with Crippen LogP contribution in [0.15, 0.2) is 24.3 Å². The second-order valence-electron chi connectivity index (χ2n) is 6.85. The van der Waals surface area contributed by atoms with Crippen molar-refractivity contribution in [1.29, 1.82) is 0 Å². The van der Waals surface area contributed by atoms with E-state index in [2.05, 4.69) is 35.1 Å². The van der Waals surface area contributed by atoms with Crippen LogP contribution in [0, 0.1) is 0 Å². The summed E-state index contributed by atoms with van der Waals surface area (Å²) in [6.45, 7) is 9.11. The molecule has 0 radical (unpaired) electrons. The molecule has 0 fully saturated rings. The normalized spacial score (nSPS) is 12.8. The largest absolute Gasteiger partial charge is 0.336 e. The number of urea groups is 2. The number of carbonyl (C=O) groups excluding carboxylic acids is 2. The number of benzene rings is 1. The molecule has 146 valence electrons. The zero-order valence-electron chi connectivity index (χ0n) is 16.5. The highest BCUT2D eigenvalue weighted by Crippen LogP contribution is 2.05. The lowest BCUT2D eigenvalue weighted by molar-refractivity contribution is 0.236. The highest BCUT2D eigenvalue weighted by molar-refractivity contribution is 5.74.